The van der Waals surface area contributed by atoms with Crippen molar-refractivity contribution in [3.63, 3.8) is 0 Å². The molecule has 0 aliphatic heterocycles. The van der Waals surface area contributed by atoms with Crippen LogP contribution in [0, 0.1) is 0 Å². The number of hydrogen-bond acceptors (Lipinski definition) is 3. The fraction of sp³-hybridized carbons (Fsp3) is 0.519. The van der Waals surface area contributed by atoms with E-state index in [1.165, 1.54) is 44.9 Å². The number of para-hydroxylation sites is 2. The second-order valence-corrected chi connectivity index (χ2v) is 8.00. The van der Waals surface area contributed by atoms with E-state index in [2.05, 4.69) is 13.8 Å². The molecule has 0 aliphatic rings. The van der Waals surface area contributed by atoms with Crippen LogP contribution in [-0.4, -0.2) is 6.16 Å². The predicted molar refractivity (Wildman–Crippen MR) is 124 cm³/mol. The van der Waals surface area contributed by atoms with E-state index >= 15 is 0 Å². The third kappa shape index (κ3) is 9.02. The topological polar surface area (TPSA) is 35.5 Å². The number of ether oxygens (including phenoxy) is 2. The van der Waals surface area contributed by atoms with Crippen molar-refractivity contribution in [3.05, 3.63) is 59.7 Å². The van der Waals surface area contributed by atoms with E-state index < -0.39 is 6.16 Å². The van der Waals surface area contributed by atoms with Crippen LogP contribution in [0.2, 0.25) is 0 Å². The molecule has 0 bridgehead atoms. The summed E-state index contributed by atoms with van der Waals surface area (Å²) in [6.07, 6.45) is 13.6. The Bertz CT molecular complexity index is 738. The first-order valence-corrected chi connectivity index (χ1v) is 11.8. The van der Waals surface area contributed by atoms with Gasteiger partial charge in [0.1, 0.15) is 11.5 Å². The average molecular weight is 411 g/mol. The third-order valence-corrected chi connectivity index (χ3v) is 5.43. The molecule has 2 aromatic rings. The summed E-state index contributed by atoms with van der Waals surface area (Å²) in [7, 11) is 0. The summed E-state index contributed by atoms with van der Waals surface area (Å²) in [4.78, 5) is 12.4. The maximum atomic E-state index is 12.4. The standard InChI is InChI=1S/C27H38O3/c1-3-5-7-8-9-10-11-12-18-24-20-14-16-22-26(24)30-27(28)29-25-21-15-13-19-23(25)17-6-4-2/h13-16,19-22H,3-12,17-18H2,1-2H3. The van der Waals surface area contributed by atoms with Crippen molar-refractivity contribution in [2.45, 2.75) is 90.9 Å². The van der Waals surface area contributed by atoms with Crippen LogP contribution in [0.3, 0.4) is 0 Å². The summed E-state index contributed by atoms with van der Waals surface area (Å²) in [5.41, 5.74) is 2.11. The molecule has 30 heavy (non-hydrogen) atoms. The second-order valence-electron chi connectivity index (χ2n) is 8.00. The Labute approximate surface area is 182 Å². The Morgan fingerprint density at radius 1 is 0.600 bits per heavy atom. The highest BCUT2D eigenvalue weighted by Gasteiger charge is 2.13. The molecule has 3 nitrogen and oxygen atoms in total. The number of aryl methyl sites for hydroxylation is 2. The van der Waals surface area contributed by atoms with Gasteiger partial charge in [-0.2, -0.15) is 0 Å². The number of unbranched alkanes of at least 4 members (excludes halogenated alkanes) is 8. The average Bonchev–Trinajstić information content (AvgIpc) is 2.76. The Kier molecular flexibility index (Phi) is 11.7. The van der Waals surface area contributed by atoms with Crippen molar-refractivity contribution < 1.29 is 14.3 Å². The zero-order valence-corrected chi connectivity index (χ0v) is 18.8. The van der Waals surface area contributed by atoms with Gasteiger partial charge < -0.3 is 9.47 Å². The zero-order chi connectivity index (χ0) is 21.4. The van der Waals surface area contributed by atoms with Gasteiger partial charge in [0.25, 0.3) is 0 Å². The minimum Gasteiger partial charge on any atom is -0.394 e. The van der Waals surface area contributed by atoms with Gasteiger partial charge >= 0.3 is 6.16 Å². The van der Waals surface area contributed by atoms with Crippen molar-refractivity contribution >= 4 is 6.16 Å². The van der Waals surface area contributed by atoms with E-state index in [0.29, 0.717) is 11.5 Å². The van der Waals surface area contributed by atoms with Crippen LogP contribution in [0.1, 0.15) is 89.2 Å². The molecule has 0 aliphatic carbocycles. The highest BCUT2D eigenvalue weighted by Crippen LogP contribution is 2.24. The molecule has 2 aromatic carbocycles. The number of rotatable bonds is 14. The molecule has 0 amide bonds. The predicted octanol–water partition coefficient (Wildman–Crippen LogP) is 8.29. The molecule has 0 fully saturated rings. The minimum absolute atomic E-state index is 0.594. The van der Waals surface area contributed by atoms with Gasteiger partial charge in [-0.15, -0.1) is 0 Å². The van der Waals surface area contributed by atoms with E-state index in [1.54, 1.807) is 0 Å². The van der Waals surface area contributed by atoms with Crippen LogP contribution < -0.4 is 9.47 Å². The van der Waals surface area contributed by atoms with Gasteiger partial charge in [-0.25, -0.2) is 4.79 Å². The van der Waals surface area contributed by atoms with E-state index in [1.807, 2.05) is 48.5 Å². The smallest absolute Gasteiger partial charge is 0.394 e. The first kappa shape index (κ1) is 24.0. The third-order valence-electron chi connectivity index (χ3n) is 5.43. The van der Waals surface area contributed by atoms with E-state index in [4.69, 9.17) is 9.47 Å². The molecule has 0 atom stereocenters. The summed E-state index contributed by atoms with van der Waals surface area (Å²) in [6.45, 7) is 4.40. The normalized spacial score (nSPS) is 10.7. The quantitative estimate of drug-likeness (QED) is 0.178. The minimum atomic E-state index is -0.665. The Morgan fingerprint density at radius 2 is 1.03 bits per heavy atom. The lowest BCUT2D eigenvalue weighted by molar-refractivity contribution is 0.151. The number of benzene rings is 2. The lowest BCUT2D eigenvalue weighted by Crippen LogP contribution is -2.15. The van der Waals surface area contributed by atoms with Crippen molar-refractivity contribution in [2.75, 3.05) is 0 Å². The maximum absolute atomic E-state index is 12.4. The molecule has 0 heterocycles. The summed E-state index contributed by atoms with van der Waals surface area (Å²) < 4.78 is 11.1. The first-order chi connectivity index (χ1) is 14.7. The first-order valence-electron chi connectivity index (χ1n) is 11.8. The molecule has 0 aromatic heterocycles. The number of hydrogen-bond donors (Lipinski definition) is 0. The van der Waals surface area contributed by atoms with E-state index in [-0.39, 0.29) is 0 Å². The van der Waals surface area contributed by atoms with Crippen molar-refractivity contribution in [2.24, 2.45) is 0 Å². The van der Waals surface area contributed by atoms with E-state index in [9.17, 15) is 4.79 Å². The van der Waals surface area contributed by atoms with Gasteiger partial charge in [0.15, 0.2) is 0 Å². The summed E-state index contributed by atoms with van der Waals surface area (Å²) in [6, 6.07) is 15.5. The number of carbonyl (C=O) groups is 1. The largest absolute Gasteiger partial charge is 0.519 e. The molecule has 0 saturated carbocycles. The molecule has 164 valence electrons. The monoisotopic (exact) mass is 410 g/mol. The molecule has 3 heteroatoms. The summed E-state index contributed by atoms with van der Waals surface area (Å²) >= 11 is 0. The molecule has 0 spiro atoms. The molecular formula is C27H38O3. The van der Waals surface area contributed by atoms with Crippen LogP contribution in [0.4, 0.5) is 4.79 Å². The molecule has 0 radical (unpaired) electrons. The SMILES string of the molecule is CCCCCCCCCCc1ccccc1OC(=O)Oc1ccccc1CCCC. The Balaban J connectivity index is 1.82. The van der Waals surface area contributed by atoms with Gasteiger partial charge in [-0.1, -0.05) is 102 Å². The van der Waals surface area contributed by atoms with Crippen LogP contribution in [-0.2, 0) is 12.8 Å². The van der Waals surface area contributed by atoms with Crippen LogP contribution in [0.25, 0.3) is 0 Å². The molecule has 0 saturated heterocycles. The molecule has 0 N–H and O–H groups in total. The maximum Gasteiger partial charge on any atom is 0.519 e. The second kappa shape index (κ2) is 14.7. The van der Waals surface area contributed by atoms with Crippen molar-refractivity contribution in [1.29, 1.82) is 0 Å². The Hall–Kier alpha value is -2.29. The van der Waals surface area contributed by atoms with Gasteiger partial charge in [0.2, 0.25) is 0 Å². The molecule has 2 rings (SSSR count). The van der Waals surface area contributed by atoms with Crippen molar-refractivity contribution in [1.82, 2.24) is 0 Å². The van der Waals surface area contributed by atoms with Crippen LogP contribution in [0.5, 0.6) is 11.5 Å². The van der Waals surface area contributed by atoms with Gasteiger partial charge in [-0.05, 0) is 48.9 Å². The van der Waals surface area contributed by atoms with Crippen molar-refractivity contribution in [3.8, 4) is 11.5 Å². The molecule has 0 unspecified atom stereocenters. The highest BCUT2D eigenvalue weighted by molar-refractivity contribution is 5.68. The fourth-order valence-corrected chi connectivity index (χ4v) is 3.64. The van der Waals surface area contributed by atoms with Crippen LogP contribution in [0.15, 0.2) is 48.5 Å². The van der Waals surface area contributed by atoms with Gasteiger partial charge in [-0.3, -0.25) is 0 Å². The fourth-order valence-electron chi connectivity index (χ4n) is 3.64. The van der Waals surface area contributed by atoms with E-state index in [0.717, 1.165) is 43.2 Å². The lowest BCUT2D eigenvalue weighted by atomic mass is 10.0. The lowest BCUT2D eigenvalue weighted by Gasteiger charge is -2.12. The summed E-state index contributed by atoms with van der Waals surface area (Å²) in [5.74, 6) is 1.20. The summed E-state index contributed by atoms with van der Waals surface area (Å²) in [5, 5.41) is 0. The van der Waals surface area contributed by atoms with Crippen LogP contribution >= 0.6 is 0 Å². The molecular weight excluding hydrogens is 372 g/mol. The van der Waals surface area contributed by atoms with Gasteiger partial charge in [0, 0.05) is 0 Å². The zero-order valence-electron chi connectivity index (χ0n) is 18.8. The number of carbonyl (C=O) groups excluding carboxylic acids is 1. The highest BCUT2D eigenvalue weighted by atomic mass is 16.7. The van der Waals surface area contributed by atoms with Gasteiger partial charge in [0.05, 0.1) is 0 Å². The Morgan fingerprint density at radius 3 is 1.57 bits per heavy atom.